The van der Waals surface area contributed by atoms with Crippen molar-refractivity contribution in [3.8, 4) is 0 Å². The lowest BCUT2D eigenvalue weighted by Crippen LogP contribution is -2.21. The highest BCUT2D eigenvalue weighted by molar-refractivity contribution is 7.99. The fourth-order valence-electron chi connectivity index (χ4n) is 1.63. The summed E-state index contributed by atoms with van der Waals surface area (Å²) >= 11 is 1.68. The summed E-state index contributed by atoms with van der Waals surface area (Å²) in [5.41, 5.74) is 0. The summed E-state index contributed by atoms with van der Waals surface area (Å²) in [4.78, 5) is 3.27. The fraction of sp³-hybridized carbons (Fsp3) is 0.455. The summed E-state index contributed by atoms with van der Waals surface area (Å²) in [7, 11) is 0. The molecule has 1 fully saturated rings. The van der Waals surface area contributed by atoms with Crippen LogP contribution in [0.4, 0.5) is 4.39 Å². The molecule has 2 nitrogen and oxygen atoms in total. The van der Waals surface area contributed by atoms with Gasteiger partial charge in [-0.15, -0.1) is 11.8 Å². The summed E-state index contributed by atoms with van der Waals surface area (Å²) in [6.45, 7) is 1.71. The number of rotatable bonds is 3. The Balaban J connectivity index is 1.80. The number of benzene rings is 1. The van der Waals surface area contributed by atoms with E-state index in [0.29, 0.717) is 0 Å². The zero-order chi connectivity index (χ0) is 10.7. The van der Waals surface area contributed by atoms with E-state index in [-0.39, 0.29) is 11.9 Å². The highest BCUT2D eigenvalue weighted by Crippen LogP contribution is 2.21. The van der Waals surface area contributed by atoms with Gasteiger partial charge in [-0.2, -0.15) is 0 Å². The highest BCUT2D eigenvalue weighted by atomic mass is 32.2. The van der Waals surface area contributed by atoms with Gasteiger partial charge in [0, 0.05) is 23.9 Å². The maximum atomic E-state index is 12.6. The van der Waals surface area contributed by atoms with Gasteiger partial charge in [0.15, 0.2) is 0 Å². The fourth-order valence-corrected chi connectivity index (χ4v) is 2.52. The third-order valence-corrected chi connectivity index (χ3v) is 3.57. The van der Waals surface area contributed by atoms with Gasteiger partial charge < -0.3 is 5.11 Å². The number of aliphatic hydroxyl groups is 1. The van der Waals surface area contributed by atoms with Crippen LogP contribution in [0.2, 0.25) is 0 Å². The lowest BCUT2D eigenvalue weighted by Gasteiger charge is -2.13. The van der Waals surface area contributed by atoms with Crippen molar-refractivity contribution >= 4 is 11.8 Å². The van der Waals surface area contributed by atoms with Gasteiger partial charge >= 0.3 is 0 Å². The lowest BCUT2D eigenvalue weighted by atomic mass is 10.3. The van der Waals surface area contributed by atoms with Crippen molar-refractivity contribution < 1.29 is 9.50 Å². The van der Waals surface area contributed by atoms with E-state index in [4.69, 9.17) is 0 Å². The molecule has 4 heteroatoms. The predicted molar refractivity (Wildman–Crippen MR) is 59.3 cm³/mol. The molecule has 1 aromatic rings. The van der Waals surface area contributed by atoms with E-state index < -0.39 is 0 Å². The molecule has 2 rings (SSSR count). The van der Waals surface area contributed by atoms with Crippen LogP contribution in [0, 0.1) is 5.82 Å². The largest absolute Gasteiger partial charge is 0.392 e. The summed E-state index contributed by atoms with van der Waals surface area (Å²) in [5, 5.41) is 9.33. The van der Waals surface area contributed by atoms with Crippen LogP contribution in [-0.4, -0.2) is 35.1 Å². The van der Waals surface area contributed by atoms with Gasteiger partial charge in [0.2, 0.25) is 0 Å². The second-order valence-corrected chi connectivity index (χ2v) is 4.77. The molecule has 0 unspecified atom stereocenters. The Bertz CT molecular complexity index is 317. The Morgan fingerprint density at radius 1 is 1.40 bits per heavy atom. The molecule has 1 saturated heterocycles. The minimum absolute atomic E-state index is 0.168. The number of hydrogen-bond acceptors (Lipinski definition) is 3. The monoisotopic (exact) mass is 227 g/mol. The van der Waals surface area contributed by atoms with E-state index in [1.54, 1.807) is 23.9 Å². The van der Waals surface area contributed by atoms with Crippen LogP contribution in [-0.2, 0) is 0 Å². The highest BCUT2D eigenvalue weighted by Gasteiger charge is 2.19. The molecule has 82 valence electrons. The van der Waals surface area contributed by atoms with E-state index >= 15 is 0 Å². The Morgan fingerprint density at radius 3 is 2.73 bits per heavy atom. The average molecular weight is 227 g/mol. The molecule has 0 saturated carbocycles. The first-order chi connectivity index (χ1) is 7.24. The van der Waals surface area contributed by atoms with E-state index in [9.17, 15) is 9.50 Å². The zero-order valence-electron chi connectivity index (χ0n) is 8.40. The molecule has 1 N–H and O–H groups in total. The van der Waals surface area contributed by atoms with Crippen molar-refractivity contribution in [2.75, 3.05) is 19.0 Å². The summed E-state index contributed by atoms with van der Waals surface area (Å²) < 4.78 is 12.6. The van der Waals surface area contributed by atoms with E-state index in [0.717, 1.165) is 30.3 Å². The molecule has 0 bridgehead atoms. The first-order valence-electron chi connectivity index (χ1n) is 5.03. The van der Waals surface area contributed by atoms with Crippen LogP contribution < -0.4 is 0 Å². The maximum absolute atomic E-state index is 12.6. The quantitative estimate of drug-likeness (QED) is 0.798. The molecule has 1 heterocycles. The minimum atomic E-state index is -0.198. The number of aliphatic hydroxyl groups excluding tert-OH is 1. The maximum Gasteiger partial charge on any atom is 0.123 e. The number of hydrogen-bond donors (Lipinski definition) is 1. The SMILES string of the molecule is O[C@@H]1CCN(CSc2ccc(F)cc2)C1. The van der Waals surface area contributed by atoms with Gasteiger partial charge in [-0.1, -0.05) is 0 Å². The van der Waals surface area contributed by atoms with Gasteiger partial charge in [0.25, 0.3) is 0 Å². The molecule has 0 aliphatic carbocycles. The molecule has 0 aromatic heterocycles. The standard InChI is InChI=1S/C11H14FNOS/c12-9-1-3-11(4-2-9)15-8-13-6-5-10(14)7-13/h1-4,10,14H,5-8H2/t10-/m1/s1. The second-order valence-electron chi connectivity index (χ2n) is 3.75. The number of nitrogens with zero attached hydrogens (tertiary/aromatic N) is 1. The molecule has 1 atom stereocenters. The number of β-amino-alcohol motifs (C(OH)–C–C–N with tert-alkyl or cyclic N) is 1. The molecule has 1 aromatic carbocycles. The number of halogens is 1. The second kappa shape index (κ2) is 4.96. The third kappa shape index (κ3) is 3.19. The summed E-state index contributed by atoms with van der Waals surface area (Å²) in [5.74, 6) is 0.666. The zero-order valence-corrected chi connectivity index (χ0v) is 9.21. The van der Waals surface area contributed by atoms with Gasteiger partial charge in [-0.05, 0) is 30.7 Å². The van der Waals surface area contributed by atoms with E-state index in [1.165, 1.54) is 12.1 Å². The van der Waals surface area contributed by atoms with Gasteiger partial charge in [-0.25, -0.2) is 4.39 Å². The molecule has 15 heavy (non-hydrogen) atoms. The van der Waals surface area contributed by atoms with Crippen LogP contribution in [0.5, 0.6) is 0 Å². The van der Waals surface area contributed by atoms with Gasteiger partial charge in [0.1, 0.15) is 5.82 Å². The predicted octanol–water partition coefficient (Wildman–Crippen LogP) is 1.94. The molecule has 0 amide bonds. The first kappa shape index (κ1) is 10.9. The van der Waals surface area contributed by atoms with Gasteiger partial charge in [-0.3, -0.25) is 4.90 Å². The Hall–Kier alpha value is -0.580. The Labute approximate surface area is 93.1 Å². The van der Waals surface area contributed by atoms with E-state index in [1.807, 2.05) is 0 Å². The van der Waals surface area contributed by atoms with Crippen molar-refractivity contribution in [2.24, 2.45) is 0 Å². The summed E-state index contributed by atoms with van der Waals surface area (Å²) in [6.07, 6.45) is 0.697. The van der Waals surface area contributed by atoms with Crippen molar-refractivity contribution in [1.82, 2.24) is 4.90 Å². The van der Waals surface area contributed by atoms with Crippen molar-refractivity contribution in [3.05, 3.63) is 30.1 Å². The lowest BCUT2D eigenvalue weighted by molar-refractivity contribution is 0.181. The molecule has 1 aliphatic heterocycles. The Morgan fingerprint density at radius 2 is 2.13 bits per heavy atom. The summed E-state index contributed by atoms with van der Waals surface area (Å²) in [6, 6.07) is 6.52. The minimum Gasteiger partial charge on any atom is -0.392 e. The Kier molecular flexibility index (Phi) is 3.61. The van der Waals surface area contributed by atoms with Crippen LogP contribution in [0.1, 0.15) is 6.42 Å². The van der Waals surface area contributed by atoms with Crippen LogP contribution in [0.15, 0.2) is 29.2 Å². The van der Waals surface area contributed by atoms with Crippen LogP contribution in [0.25, 0.3) is 0 Å². The number of likely N-dealkylation sites (tertiary alicyclic amines) is 1. The molecule has 0 spiro atoms. The van der Waals surface area contributed by atoms with Crippen LogP contribution in [0.3, 0.4) is 0 Å². The molecular formula is C11H14FNOS. The van der Waals surface area contributed by atoms with E-state index in [2.05, 4.69) is 4.90 Å². The molecule has 0 radical (unpaired) electrons. The first-order valence-corrected chi connectivity index (χ1v) is 6.01. The average Bonchev–Trinajstić information content (AvgIpc) is 2.64. The molecular weight excluding hydrogens is 213 g/mol. The van der Waals surface area contributed by atoms with Gasteiger partial charge in [0.05, 0.1) is 6.10 Å². The number of thioether (sulfide) groups is 1. The van der Waals surface area contributed by atoms with Crippen molar-refractivity contribution in [3.63, 3.8) is 0 Å². The smallest absolute Gasteiger partial charge is 0.123 e. The van der Waals surface area contributed by atoms with Crippen molar-refractivity contribution in [1.29, 1.82) is 0 Å². The topological polar surface area (TPSA) is 23.5 Å². The third-order valence-electron chi connectivity index (χ3n) is 2.47. The normalized spacial score (nSPS) is 22.1. The molecule has 1 aliphatic rings. The van der Waals surface area contributed by atoms with Crippen LogP contribution >= 0.6 is 11.8 Å². The van der Waals surface area contributed by atoms with Crippen molar-refractivity contribution in [2.45, 2.75) is 17.4 Å².